The van der Waals surface area contributed by atoms with Gasteiger partial charge in [-0.25, -0.2) is 0 Å². The van der Waals surface area contributed by atoms with Crippen molar-refractivity contribution in [3.63, 3.8) is 0 Å². The molecule has 0 spiro atoms. The Morgan fingerprint density at radius 2 is 1.68 bits per heavy atom. The third-order valence-corrected chi connectivity index (χ3v) is 7.45. The van der Waals surface area contributed by atoms with Gasteiger partial charge in [-0.05, 0) is 55.4 Å². The zero-order valence-corrected chi connectivity index (χ0v) is 18.6. The highest BCUT2D eigenvalue weighted by Crippen LogP contribution is 2.35. The van der Waals surface area contributed by atoms with Gasteiger partial charge in [0.2, 0.25) is 0 Å². The van der Waals surface area contributed by atoms with Crippen LogP contribution in [-0.2, 0) is 0 Å². The molecule has 3 aliphatic rings. The predicted octanol–water partition coefficient (Wildman–Crippen LogP) is 2.93. The van der Waals surface area contributed by atoms with Gasteiger partial charge in [-0.15, -0.1) is 0 Å². The minimum Gasteiger partial charge on any atom is -0.490 e. The van der Waals surface area contributed by atoms with Crippen molar-refractivity contribution in [3.05, 3.63) is 29.8 Å². The van der Waals surface area contributed by atoms with Gasteiger partial charge in [0, 0.05) is 38.3 Å². The van der Waals surface area contributed by atoms with E-state index < -0.39 is 6.10 Å². The van der Waals surface area contributed by atoms with Crippen LogP contribution in [0.2, 0.25) is 0 Å². The number of nitrogens with zero attached hydrogens (tertiary/aromatic N) is 2. The van der Waals surface area contributed by atoms with E-state index in [1.165, 1.54) is 32.1 Å². The van der Waals surface area contributed by atoms with Gasteiger partial charge >= 0.3 is 0 Å². The summed E-state index contributed by atoms with van der Waals surface area (Å²) in [7, 11) is 0. The molecule has 6 nitrogen and oxygen atoms in total. The molecular formula is C25H38N2O4. The van der Waals surface area contributed by atoms with E-state index in [2.05, 4.69) is 4.90 Å². The number of benzene rings is 1. The summed E-state index contributed by atoms with van der Waals surface area (Å²) in [4.78, 5) is 17.2. The number of aliphatic hydroxyl groups is 2. The second kappa shape index (κ2) is 10.8. The van der Waals surface area contributed by atoms with E-state index in [-0.39, 0.29) is 18.6 Å². The second-order valence-electron chi connectivity index (χ2n) is 9.68. The Morgan fingerprint density at radius 3 is 2.35 bits per heavy atom. The Labute approximate surface area is 186 Å². The molecule has 2 N–H and O–H groups in total. The van der Waals surface area contributed by atoms with E-state index >= 15 is 0 Å². The molecule has 2 unspecified atom stereocenters. The topological polar surface area (TPSA) is 73.2 Å². The fraction of sp³-hybridized carbons (Fsp3) is 0.720. The molecule has 2 aliphatic heterocycles. The minimum absolute atomic E-state index is 0.152. The Balaban J connectivity index is 1.23. The third-order valence-electron chi connectivity index (χ3n) is 7.45. The van der Waals surface area contributed by atoms with Crippen molar-refractivity contribution in [2.75, 3.05) is 39.3 Å². The molecule has 1 saturated carbocycles. The van der Waals surface area contributed by atoms with Crippen molar-refractivity contribution in [1.82, 2.24) is 9.80 Å². The maximum Gasteiger partial charge on any atom is 0.253 e. The average molecular weight is 431 g/mol. The van der Waals surface area contributed by atoms with Gasteiger partial charge in [-0.1, -0.05) is 32.1 Å². The summed E-state index contributed by atoms with van der Waals surface area (Å²) in [5.74, 6) is 2.48. The summed E-state index contributed by atoms with van der Waals surface area (Å²) in [6.45, 7) is 3.84. The maximum atomic E-state index is 13.0. The lowest BCUT2D eigenvalue weighted by Crippen LogP contribution is -2.42. The van der Waals surface area contributed by atoms with Crippen molar-refractivity contribution >= 4 is 5.91 Å². The number of β-amino-alcohol motifs (C(OH)–C–C–N with tert-alkyl or cyclic N) is 1. The van der Waals surface area contributed by atoms with E-state index in [1.807, 2.05) is 29.2 Å². The molecule has 1 aliphatic carbocycles. The number of likely N-dealkylation sites (tertiary alicyclic amines) is 2. The molecule has 4 rings (SSSR count). The van der Waals surface area contributed by atoms with Crippen molar-refractivity contribution < 1.29 is 19.7 Å². The second-order valence-corrected chi connectivity index (χ2v) is 9.68. The monoisotopic (exact) mass is 430 g/mol. The van der Waals surface area contributed by atoms with Crippen LogP contribution >= 0.6 is 0 Å². The Bertz CT molecular complexity index is 696. The molecule has 2 saturated heterocycles. The number of ether oxygens (including phenoxy) is 1. The van der Waals surface area contributed by atoms with E-state index in [9.17, 15) is 9.90 Å². The number of piperidine rings is 1. The van der Waals surface area contributed by atoms with Crippen LogP contribution in [0.25, 0.3) is 0 Å². The van der Waals surface area contributed by atoms with Crippen molar-refractivity contribution in [2.24, 2.45) is 11.8 Å². The first kappa shape index (κ1) is 22.6. The highest BCUT2D eigenvalue weighted by Gasteiger charge is 2.32. The van der Waals surface area contributed by atoms with E-state index in [1.54, 1.807) is 0 Å². The number of carbonyl (C=O) groups is 1. The van der Waals surface area contributed by atoms with Crippen LogP contribution < -0.4 is 4.74 Å². The first-order valence-electron chi connectivity index (χ1n) is 12.2. The predicted molar refractivity (Wildman–Crippen MR) is 120 cm³/mol. The zero-order chi connectivity index (χ0) is 21.6. The molecule has 6 heteroatoms. The number of rotatable bonds is 7. The normalized spacial score (nSPS) is 25.0. The molecule has 31 heavy (non-hydrogen) atoms. The Morgan fingerprint density at radius 1 is 0.968 bits per heavy atom. The van der Waals surface area contributed by atoms with E-state index in [4.69, 9.17) is 9.84 Å². The average Bonchev–Trinajstić information content (AvgIpc) is 3.31. The van der Waals surface area contributed by atoms with Crippen molar-refractivity contribution in [3.8, 4) is 5.75 Å². The quantitative estimate of drug-likeness (QED) is 0.696. The Hall–Kier alpha value is -1.63. The van der Waals surface area contributed by atoms with Crippen LogP contribution in [0.1, 0.15) is 61.7 Å². The van der Waals surface area contributed by atoms with Gasteiger partial charge in [0.25, 0.3) is 5.91 Å². The summed E-state index contributed by atoms with van der Waals surface area (Å²) >= 11 is 0. The van der Waals surface area contributed by atoms with E-state index in [0.29, 0.717) is 12.5 Å². The first-order chi connectivity index (χ1) is 15.1. The van der Waals surface area contributed by atoms with Gasteiger partial charge in [-0.3, -0.25) is 4.79 Å². The fourth-order valence-electron chi connectivity index (χ4n) is 5.58. The molecule has 1 amide bonds. The third kappa shape index (κ3) is 5.99. The molecule has 172 valence electrons. The summed E-state index contributed by atoms with van der Waals surface area (Å²) in [5.41, 5.74) is 0.754. The molecule has 0 aromatic heterocycles. The smallest absolute Gasteiger partial charge is 0.253 e. The molecule has 3 fully saturated rings. The van der Waals surface area contributed by atoms with Crippen LogP contribution in [0.15, 0.2) is 24.3 Å². The van der Waals surface area contributed by atoms with Crippen LogP contribution in [-0.4, -0.2) is 77.5 Å². The van der Waals surface area contributed by atoms with Gasteiger partial charge in [-0.2, -0.15) is 0 Å². The van der Waals surface area contributed by atoms with Crippen LogP contribution in [0.3, 0.4) is 0 Å². The largest absolute Gasteiger partial charge is 0.490 e. The molecule has 1 aromatic carbocycles. The number of carbonyl (C=O) groups excluding carboxylic acids is 1. The van der Waals surface area contributed by atoms with Crippen molar-refractivity contribution in [2.45, 2.75) is 63.6 Å². The summed E-state index contributed by atoms with van der Waals surface area (Å²) < 4.78 is 6.13. The molecule has 2 atom stereocenters. The van der Waals surface area contributed by atoms with Gasteiger partial charge < -0.3 is 24.7 Å². The Kier molecular flexibility index (Phi) is 7.86. The summed E-state index contributed by atoms with van der Waals surface area (Å²) in [6, 6.07) is 7.64. The summed E-state index contributed by atoms with van der Waals surface area (Å²) in [6.07, 6.45) is 9.23. The maximum absolute atomic E-state index is 13.0. The zero-order valence-electron chi connectivity index (χ0n) is 18.6. The molecule has 0 bridgehead atoms. The number of amides is 1. The van der Waals surface area contributed by atoms with Gasteiger partial charge in [0.1, 0.15) is 11.9 Å². The lowest BCUT2D eigenvalue weighted by atomic mass is 9.80. The van der Waals surface area contributed by atoms with Crippen molar-refractivity contribution in [1.29, 1.82) is 0 Å². The molecule has 0 radical (unpaired) electrons. The molecular weight excluding hydrogens is 392 g/mol. The summed E-state index contributed by atoms with van der Waals surface area (Å²) in [5, 5.41) is 18.6. The van der Waals surface area contributed by atoms with Crippen LogP contribution in [0.5, 0.6) is 5.75 Å². The van der Waals surface area contributed by atoms with Crippen LogP contribution in [0.4, 0.5) is 0 Å². The number of aliphatic hydroxyl groups excluding tert-OH is 2. The van der Waals surface area contributed by atoms with E-state index in [0.717, 1.165) is 62.7 Å². The highest BCUT2D eigenvalue weighted by atomic mass is 16.5. The highest BCUT2D eigenvalue weighted by molar-refractivity contribution is 5.94. The lowest BCUT2D eigenvalue weighted by Gasteiger charge is -2.33. The van der Waals surface area contributed by atoms with Crippen LogP contribution in [0, 0.1) is 11.8 Å². The molecule has 2 heterocycles. The number of hydrogen-bond acceptors (Lipinski definition) is 5. The van der Waals surface area contributed by atoms with Gasteiger partial charge in [0.05, 0.1) is 12.7 Å². The lowest BCUT2D eigenvalue weighted by molar-refractivity contribution is 0.0346. The number of hydrogen-bond donors (Lipinski definition) is 2. The molecule has 1 aromatic rings. The standard InChI is InChI=1S/C25H38N2O4/c28-18-22(29)17-26-13-11-24(12-14-26)31-23-8-6-20(7-9-23)25(30)27-15-10-21(16-27)19-4-2-1-3-5-19/h6-9,19,21-22,24,28-29H,1-5,10-18H2. The minimum atomic E-state index is -0.670. The first-order valence-corrected chi connectivity index (χ1v) is 12.2. The SMILES string of the molecule is O=C(c1ccc(OC2CCN(CC(O)CO)CC2)cc1)N1CCC(C2CCCCC2)C1. The fourth-order valence-corrected chi connectivity index (χ4v) is 5.58. The van der Waals surface area contributed by atoms with Gasteiger partial charge in [0.15, 0.2) is 0 Å².